The molecule has 0 unspecified atom stereocenters. The Morgan fingerprint density at radius 1 is 1.38 bits per heavy atom. The van der Waals surface area contributed by atoms with Gasteiger partial charge in [-0.1, -0.05) is 6.92 Å². The fourth-order valence-corrected chi connectivity index (χ4v) is 5.32. The van der Waals surface area contributed by atoms with Crippen LogP contribution in [0.3, 0.4) is 0 Å². The van der Waals surface area contributed by atoms with E-state index in [0.29, 0.717) is 18.5 Å². The van der Waals surface area contributed by atoms with E-state index < -0.39 is 10.3 Å². The highest BCUT2D eigenvalue weighted by Crippen LogP contribution is 2.48. The van der Waals surface area contributed by atoms with Crippen LogP contribution in [0.4, 0.5) is 11.4 Å². The van der Waals surface area contributed by atoms with Crippen molar-refractivity contribution in [2.24, 2.45) is 5.41 Å². The molecule has 2 fully saturated rings. The van der Waals surface area contributed by atoms with Gasteiger partial charge in [0.25, 0.3) is 5.69 Å². The fraction of sp³-hybridized carbons (Fsp3) is 0.550. The molecule has 0 aromatic heterocycles. The average Bonchev–Trinajstić information content (AvgIpc) is 2.71. The minimum absolute atomic E-state index is 0.0349. The smallest absolute Gasteiger partial charge is 0.269 e. The largest absolute Gasteiger partial charge is 0.367 e. The van der Waals surface area contributed by atoms with Gasteiger partial charge in [0.15, 0.2) is 10.5 Å². The van der Waals surface area contributed by atoms with E-state index in [1.54, 1.807) is 6.07 Å². The zero-order valence-electron chi connectivity index (χ0n) is 16.5. The van der Waals surface area contributed by atoms with Gasteiger partial charge in [0, 0.05) is 36.8 Å². The van der Waals surface area contributed by atoms with Crippen molar-refractivity contribution in [3.05, 3.63) is 33.9 Å². The van der Waals surface area contributed by atoms with Crippen molar-refractivity contribution in [3.63, 3.8) is 0 Å². The number of hydrogen-bond donors (Lipinski definition) is 1. The minimum Gasteiger partial charge on any atom is -0.367 e. The number of hydrogen-bond acceptors (Lipinski definition) is 6. The number of piperidine rings is 1. The van der Waals surface area contributed by atoms with Crippen LogP contribution in [0.5, 0.6) is 0 Å². The summed E-state index contributed by atoms with van der Waals surface area (Å²) in [4.78, 5) is 41.7. The topological polar surface area (TPSA) is 95.8 Å². The summed E-state index contributed by atoms with van der Waals surface area (Å²) in [6.45, 7) is 4.59. The number of nitrogens with zero attached hydrogens (tertiary/aromatic N) is 3. The van der Waals surface area contributed by atoms with Crippen molar-refractivity contribution < 1.29 is 14.5 Å². The summed E-state index contributed by atoms with van der Waals surface area (Å²) >= 11 is 5.33. The van der Waals surface area contributed by atoms with Gasteiger partial charge < -0.3 is 10.2 Å². The molecule has 4 rings (SSSR count). The Kier molecular flexibility index (Phi) is 4.80. The van der Waals surface area contributed by atoms with Crippen LogP contribution in [0, 0.1) is 15.5 Å². The maximum Gasteiger partial charge on any atom is 0.269 e. The van der Waals surface area contributed by atoms with Gasteiger partial charge in [-0.05, 0) is 56.5 Å². The molecule has 0 aliphatic carbocycles. The number of thiocarbonyl (C=S) groups is 1. The minimum atomic E-state index is -1.33. The number of benzene rings is 1. The Hall–Kier alpha value is -2.55. The average molecular weight is 417 g/mol. The number of non-ortho nitro benzene ring substituents is 1. The quantitative estimate of drug-likeness (QED) is 0.352. The van der Waals surface area contributed by atoms with E-state index in [0.717, 1.165) is 24.9 Å². The van der Waals surface area contributed by atoms with Crippen molar-refractivity contribution in [3.8, 4) is 0 Å². The van der Waals surface area contributed by atoms with Crippen LogP contribution in [0.1, 0.15) is 45.1 Å². The lowest BCUT2D eigenvalue weighted by Crippen LogP contribution is -2.73. The molecule has 1 spiro atoms. The first-order valence-corrected chi connectivity index (χ1v) is 10.4. The maximum absolute atomic E-state index is 13.8. The van der Waals surface area contributed by atoms with E-state index in [-0.39, 0.29) is 41.1 Å². The summed E-state index contributed by atoms with van der Waals surface area (Å²) in [7, 11) is 0. The van der Waals surface area contributed by atoms with Crippen molar-refractivity contribution in [1.29, 1.82) is 0 Å². The van der Waals surface area contributed by atoms with Gasteiger partial charge >= 0.3 is 0 Å². The van der Waals surface area contributed by atoms with E-state index in [1.165, 1.54) is 17.0 Å². The number of anilines is 1. The molecule has 3 atom stereocenters. The van der Waals surface area contributed by atoms with Gasteiger partial charge in [0.05, 0.1) is 11.0 Å². The van der Waals surface area contributed by atoms with Gasteiger partial charge in [-0.3, -0.25) is 24.6 Å². The number of nitro groups is 1. The molecule has 0 saturated carbocycles. The molecule has 8 nitrogen and oxygen atoms in total. The highest BCUT2D eigenvalue weighted by atomic mass is 32.1. The number of rotatable bonds is 3. The van der Waals surface area contributed by atoms with E-state index in [9.17, 15) is 19.7 Å². The summed E-state index contributed by atoms with van der Waals surface area (Å²) in [5.41, 5.74) is 0.189. The van der Waals surface area contributed by atoms with Crippen molar-refractivity contribution >= 4 is 40.5 Å². The molecule has 1 aromatic carbocycles. The van der Waals surface area contributed by atoms with Gasteiger partial charge in [-0.15, -0.1) is 0 Å². The predicted octanol–water partition coefficient (Wildman–Crippen LogP) is 2.54. The standard InChI is InChI=1S/C20H24N4O4S/c1-3-12(2)23-18(26)20(17(25)21-19(23)29)11-13-10-14(24(27)28)7-8-15(13)22-9-5-4-6-16(20)22/h7-8,10,12,16H,3-6,9,11H2,1-2H3,(H,21,25,29)/t12-,16-,20+/m1/s1. The highest BCUT2D eigenvalue weighted by molar-refractivity contribution is 7.80. The van der Waals surface area contributed by atoms with Crippen LogP contribution >= 0.6 is 12.2 Å². The normalized spacial score (nSPS) is 27.4. The molecule has 3 aliphatic heterocycles. The number of nitro benzene ring substituents is 1. The third kappa shape index (κ3) is 2.82. The molecular weight excluding hydrogens is 392 g/mol. The first kappa shape index (κ1) is 19.8. The molecule has 0 radical (unpaired) electrons. The molecule has 3 aliphatic rings. The predicted molar refractivity (Wildman–Crippen MR) is 112 cm³/mol. The van der Waals surface area contributed by atoms with Crippen LogP contribution in [0.25, 0.3) is 0 Å². The second-order valence-electron chi connectivity index (χ2n) is 8.11. The molecule has 3 heterocycles. The summed E-state index contributed by atoms with van der Waals surface area (Å²) in [6.07, 6.45) is 3.45. The summed E-state index contributed by atoms with van der Waals surface area (Å²) in [5, 5.41) is 14.2. The van der Waals surface area contributed by atoms with Crippen molar-refractivity contribution in [2.75, 3.05) is 11.4 Å². The lowest BCUT2D eigenvalue weighted by atomic mass is 9.66. The maximum atomic E-state index is 13.8. The number of carbonyl (C=O) groups excluding carboxylic acids is 2. The zero-order valence-corrected chi connectivity index (χ0v) is 17.3. The number of fused-ring (bicyclic) bond motifs is 4. The fourth-order valence-electron chi connectivity index (χ4n) is 4.96. The SMILES string of the molecule is CC[C@@H](C)N1C(=O)[C@]2(Cc3cc([N+](=O)[O-])ccc3N3CCCC[C@@H]32)C(=O)NC1=S. The van der Waals surface area contributed by atoms with E-state index in [4.69, 9.17) is 12.2 Å². The molecule has 154 valence electrons. The lowest BCUT2D eigenvalue weighted by molar-refractivity contribution is -0.384. The molecule has 1 aromatic rings. The third-order valence-corrected chi connectivity index (χ3v) is 6.90. The Balaban J connectivity index is 1.88. The Labute approximate surface area is 174 Å². The lowest BCUT2D eigenvalue weighted by Gasteiger charge is -2.54. The first-order valence-electron chi connectivity index (χ1n) is 10.0. The molecule has 2 amide bonds. The van der Waals surface area contributed by atoms with Crippen molar-refractivity contribution in [2.45, 2.75) is 58.0 Å². The molecule has 2 saturated heterocycles. The van der Waals surface area contributed by atoms with Crippen LogP contribution < -0.4 is 10.2 Å². The number of carbonyl (C=O) groups is 2. The first-order chi connectivity index (χ1) is 13.8. The number of amides is 2. The van der Waals surface area contributed by atoms with Gasteiger partial charge in [-0.2, -0.15) is 0 Å². The van der Waals surface area contributed by atoms with Gasteiger partial charge in [0.2, 0.25) is 11.8 Å². The van der Waals surface area contributed by atoms with Gasteiger partial charge in [0.1, 0.15) is 0 Å². The van der Waals surface area contributed by atoms with E-state index >= 15 is 0 Å². The highest BCUT2D eigenvalue weighted by Gasteiger charge is 2.61. The Morgan fingerprint density at radius 3 is 2.83 bits per heavy atom. The second kappa shape index (κ2) is 7.05. The van der Waals surface area contributed by atoms with Crippen LogP contribution in [0.2, 0.25) is 0 Å². The number of nitrogens with one attached hydrogen (secondary N) is 1. The molecule has 1 N–H and O–H groups in total. The van der Waals surface area contributed by atoms with Crippen LogP contribution in [-0.2, 0) is 16.0 Å². The summed E-state index contributed by atoms with van der Waals surface area (Å²) < 4.78 is 0. The van der Waals surface area contributed by atoms with Gasteiger partial charge in [-0.25, -0.2) is 0 Å². The van der Waals surface area contributed by atoms with E-state index in [1.807, 2.05) is 13.8 Å². The Morgan fingerprint density at radius 2 is 2.14 bits per heavy atom. The van der Waals surface area contributed by atoms with Crippen LogP contribution in [0.15, 0.2) is 18.2 Å². The zero-order chi connectivity index (χ0) is 20.9. The molecular formula is C20H24N4O4S. The monoisotopic (exact) mass is 416 g/mol. The molecule has 0 bridgehead atoms. The third-order valence-electron chi connectivity index (χ3n) is 6.60. The van der Waals surface area contributed by atoms with E-state index in [2.05, 4.69) is 10.2 Å². The second-order valence-corrected chi connectivity index (χ2v) is 8.50. The van der Waals surface area contributed by atoms with Crippen LogP contribution in [-0.4, -0.2) is 45.4 Å². The van der Waals surface area contributed by atoms with Crippen molar-refractivity contribution in [1.82, 2.24) is 10.2 Å². The summed E-state index contributed by atoms with van der Waals surface area (Å²) in [6, 6.07) is 4.32. The molecule has 9 heteroatoms. The Bertz CT molecular complexity index is 920. The molecule has 29 heavy (non-hydrogen) atoms. The summed E-state index contributed by atoms with van der Waals surface area (Å²) in [5.74, 6) is -0.671.